The second-order valence-corrected chi connectivity index (χ2v) is 6.97. The average molecular weight is 378 g/mol. The summed E-state index contributed by atoms with van der Waals surface area (Å²) in [5.74, 6) is 0.612. The molecule has 0 fully saturated rings. The summed E-state index contributed by atoms with van der Waals surface area (Å²) in [4.78, 5) is 12.1. The van der Waals surface area contributed by atoms with E-state index in [1.54, 1.807) is 36.4 Å². The molecule has 0 aromatic heterocycles. The van der Waals surface area contributed by atoms with Crippen LogP contribution in [0.4, 0.5) is 5.69 Å². The van der Waals surface area contributed by atoms with Crippen LogP contribution in [0.5, 0.6) is 11.5 Å². The van der Waals surface area contributed by atoms with Gasteiger partial charge in [-0.1, -0.05) is 12.1 Å². The molecule has 0 aliphatic carbocycles. The normalized spacial score (nSPS) is 11.0. The van der Waals surface area contributed by atoms with Crippen LogP contribution >= 0.6 is 0 Å². The van der Waals surface area contributed by atoms with Gasteiger partial charge in [-0.2, -0.15) is 0 Å². The van der Waals surface area contributed by atoms with E-state index in [-0.39, 0.29) is 4.90 Å². The van der Waals surface area contributed by atoms with Crippen molar-refractivity contribution in [3.05, 3.63) is 48.5 Å². The third kappa shape index (κ3) is 5.47. The zero-order chi connectivity index (χ0) is 19.0. The maximum atomic E-state index is 12.3. The minimum absolute atomic E-state index is 0.0588. The Morgan fingerprint density at radius 3 is 2.27 bits per heavy atom. The molecular weight excluding hydrogens is 356 g/mol. The van der Waals surface area contributed by atoms with Gasteiger partial charge in [-0.3, -0.25) is 4.79 Å². The van der Waals surface area contributed by atoms with Gasteiger partial charge in [0, 0.05) is 0 Å². The van der Waals surface area contributed by atoms with Crippen molar-refractivity contribution in [2.24, 2.45) is 0 Å². The molecule has 0 unspecified atom stereocenters. The highest BCUT2D eigenvalue weighted by Gasteiger charge is 2.16. The highest BCUT2D eigenvalue weighted by molar-refractivity contribution is 7.89. The Morgan fingerprint density at radius 1 is 0.962 bits per heavy atom. The molecule has 7 nitrogen and oxygen atoms in total. The molecule has 2 rings (SSSR count). The van der Waals surface area contributed by atoms with E-state index < -0.39 is 22.5 Å². The lowest BCUT2D eigenvalue weighted by atomic mass is 10.3. The number of ether oxygens (including phenoxy) is 2. The lowest BCUT2D eigenvalue weighted by molar-refractivity contribution is -0.115. The SMILES string of the molecule is CCOc1ccc(S(=O)(=O)NCC(=O)Nc2ccccc2OCC)cc1. The second kappa shape index (κ2) is 9.21. The largest absolute Gasteiger partial charge is 0.494 e. The minimum Gasteiger partial charge on any atom is -0.494 e. The number of amides is 1. The van der Waals surface area contributed by atoms with E-state index >= 15 is 0 Å². The lowest BCUT2D eigenvalue weighted by Crippen LogP contribution is -2.33. The number of carbonyl (C=O) groups excluding carboxylic acids is 1. The summed E-state index contributed by atoms with van der Waals surface area (Å²) in [5.41, 5.74) is 0.486. The monoisotopic (exact) mass is 378 g/mol. The maximum Gasteiger partial charge on any atom is 0.241 e. The van der Waals surface area contributed by atoms with E-state index in [2.05, 4.69) is 10.0 Å². The number of nitrogens with one attached hydrogen (secondary N) is 2. The van der Waals surface area contributed by atoms with Gasteiger partial charge in [-0.25, -0.2) is 13.1 Å². The van der Waals surface area contributed by atoms with E-state index in [9.17, 15) is 13.2 Å². The van der Waals surface area contributed by atoms with Crippen LogP contribution in [0.1, 0.15) is 13.8 Å². The number of para-hydroxylation sites is 2. The van der Waals surface area contributed by atoms with E-state index in [1.807, 2.05) is 13.8 Å². The molecule has 0 radical (unpaired) electrons. The molecule has 140 valence electrons. The average Bonchev–Trinajstić information content (AvgIpc) is 2.63. The minimum atomic E-state index is -3.80. The molecule has 26 heavy (non-hydrogen) atoms. The fourth-order valence-corrected chi connectivity index (χ4v) is 3.15. The van der Waals surface area contributed by atoms with Crippen LogP contribution in [-0.2, 0) is 14.8 Å². The van der Waals surface area contributed by atoms with Crippen molar-refractivity contribution < 1.29 is 22.7 Å². The smallest absolute Gasteiger partial charge is 0.241 e. The van der Waals surface area contributed by atoms with Crippen molar-refractivity contribution in [2.75, 3.05) is 25.1 Å². The third-order valence-electron chi connectivity index (χ3n) is 3.33. The summed E-state index contributed by atoms with van der Waals surface area (Å²) in [6, 6.07) is 12.9. The number of rotatable bonds is 9. The molecule has 2 aromatic rings. The van der Waals surface area contributed by atoms with Gasteiger partial charge in [-0.05, 0) is 50.2 Å². The number of anilines is 1. The highest BCUT2D eigenvalue weighted by atomic mass is 32.2. The van der Waals surface area contributed by atoms with Gasteiger partial charge in [0.1, 0.15) is 11.5 Å². The van der Waals surface area contributed by atoms with Gasteiger partial charge in [0.15, 0.2) is 0 Å². The fourth-order valence-electron chi connectivity index (χ4n) is 2.17. The molecule has 2 N–H and O–H groups in total. The molecule has 2 aromatic carbocycles. The summed E-state index contributed by atoms with van der Waals surface area (Å²) >= 11 is 0. The number of hydrogen-bond donors (Lipinski definition) is 2. The first-order valence-electron chi connectivity index (χ1n) is 8.20. The maximum absolute atomic E-state index is 12.3. The molecule has 0 bridgehead atoms. The van der Waals surface area contributed by atoms with E-state index in [0.29, 0.717) is 30.4 Å². The molecular formula is C18H22N2O5S. The number of carbonyl (C=O) groups is 1. The molecule has 0 saturated carbocycles. The van der Waals surface area contributed by atoms with Crippen molar-refractivity contribution in [3.8, 4) is 11.5 Å². The standard InChI is InChI=1S/C18H22N2O5S/c1-3-24-14-9-11-15(12-10-14)26(22,23)19-13-18(21)20-16-7-5-6-8-17(16)25-4-2/h5-12,19H,3-4,13H2,1-2H3,(H,20,21). The fraction of sp³-hybridized carbons (Fsp3) is 0.278. The molecule has 0 aliphatic rings. The number of benzene rings is 2. The summed E-state index contributed by atoms with van der Waals surface area (Å²) in [6.45, 7) is 4.24. The predicted octanol–water partition coefficient (Wildman–Crippen LogP) is 2.40. The van der Waals surface area contributed by atoms with Crippen LogP contribution in [0.2, 0.25) is 0 Å². The summed E-state index contributed by atoms with van der Waals surface area (Å²) in [5, 5.41) is 2.63. The van der Waals surface area contributed by atoms with E-state index in [1.165, 1.54) is 12.1 Å². The molecule has 0 heterocycles. The van der Waals surface area contributed by atoms with Crippen molar-refractivity contribution in [3.63, 3.8) is 0 Å². The zero-order valence-electron chi connectivity index (χ0n) is 14.7. The molecule has 8 heteroatoms. The van der Waals surface area contributed by atoms with Crippen LogP contribution in [0.3, 0.4) is 0 Å². The topological polar surface area (TPSA) is 93.7 Å². The van der Waals surface area contributed by atoms with Gasteiger partial charge >= 0.3 is 0 Å². The molecule has 0 spiro atoms. The second-order valence-electron chi connectivity index (χ2n) is 5.21. The van der Waals surface area contributed by atoms with Crippen LogP contribution in [0.25, 0.3) is 0 Å². The van der Waals surface area contributed by atoms with Gasteiger partial charge in [0.05, 0.1) is 30.3 Å². The Kier molecular flexibility index (Phi) is 6.99. The van der Waals surface area contributed by atoms with Crippen molar-refractivity contribution in [1.29, 1.82) is 0 Å². The number of hydrogen-bond acceptors (Lipinski definition) is 5. The van der Waals surface area contributed by atoms with Gasteiger partial charge < -0.3 is 14.8 Å². The number of sulfonamides is 1. The summed E-state index contributed by atoms with van der Waals surface area (Å²) in [7, 11) is -3.80. The first-order valence-corrected chi connectivity index (χ1v) is 9.68. The van der Waals surface area contributed by atoms with Gasteiger partial charge in [0.2, 0.25) is 15.9 Å². The Bertz CT molecular complexity index is 835. The van der Waals surface area contributed by atoms with Crippen LogP contribution in [0, 0.1) is 0 Å². The molecule has 0 atom stereocenters. The van der Waals surface area contributed by atoms with Crippen molar-refractivity contribution in [2.45, 2.75) is 18.7 Å². The molecule has 1 amide bonds. The highest BCUT2D eigenvalue weighted by Crippen LogP contribution is 2.23. The predicted molar refractivity (Wildman–Crippen MR) is 99.0 cm³/mol. The Balaban J connectivity index is 1.97. The summed E-state index contributed by atoms with van der Waals surface area (Å²) in [6.07, 6.45) is 0. The van der Waals surface area contributed by atoms with Gasteiger partial charge in [-0.15, -0.1) is 0 Å². The first kappa shape index (κ1) is 19.7. The lowest BCUT2D eigenvalue weighted by Gasteiger charge is -2.12. The molecule has 0 saturated heterocycles. The van der Waals surface area contributed by atoms with Crippen molar-refractivity contribution in [1.82, 2.24) is 4.72 Å². The van der Waals surface area contributed by atoms with Crippen LogP contribution in [-0.4, -0.2) is 34.1 Å². The van der Waals surface area contributed by atoms with Crippen LogP contribution < -0.4 is 19.5 Å². The van der Waals surface area contributed by atoms with Crippen LogP contribution in [0.15, 0.2) is 53.4 Å². The van der Waals surface area contributed by atoms with Crippen molar-refractivity contribution >= 4 is 21.6 Å². The van der Waals surface area contributed by atoms with Gasteiger partial charge in [0.25, 0.3) is 0 Å². The van der Waals surface area contributed by atoms with E-state index in [0.717, 1.165) is 0 Å². The Morgan fingerprint density at radius 2 is 1.62 bits per heavy atom. The summed E-state index contributed by atoms with van der Waals surface area (Å²) < 4.78 is 37.5. The molecule has 0 aliphatic heterocycles. The third-order valence-corrected chi connectivity index (χ3v) is 4.75. The zero-order valence-corrected chi connectivity index (χ0v) is 15.5. The first-order chi connectivity index (χ1) is 12.5. The van der Waals surface area contributed by atoms with E-state index in [4.69, 9.17) is 9.47 Å². The quantitative estimate of drug-likeness (QED) is 0.699. The Hall–Kier alpha value is -2.58. The Labute approximate surface area is 153 Å².